The summed E-state index contributed by atoms with van der Waals surface area (Å²) < 4.78 is 5.91. The van der Waals surface area contributed by atoms with Crippen LogP contribution in [0.5, 0.6) is 0 Å². The van der Waals surface area contributed by atoms with Crippen LogP contribution in [-0.4, -0.2) is 23.8 Å². The molecular formula is C27H38O3. The van der Waals surface area contributed by atoms with Crippen LogP contribution < -0.4 is 0 Å². The van der Waals surface area contributed by atoms with Gasteiger partial charge in [0.15, 0.2) is 5.78 Å². The standard InChI is InChI=1S/C27H38O3/c1-15(2)22(28)11-6-16(3)19-9-10-20-18-8-7-17-14-23(29)24-25(30-24)27(17,5)21(18)12-13-26(19,20)4/h7-8,14-16,18-21,24-25H,6,9-13H2,1-5H3/t16-,18+,19-,20+,21+,24?,25?,26-,27+/m1/s1. The van der Waals surface area contributed by atoms with E-state index in [2.05, 4.69) is 32.9 Å². The topological polar surface area (TPSA) is 46.7 Å². The molecule has 1 heterocycles. The Morgan fingerprint density at radius 3 is 2.67 bits per heavy atom. The first-order valence-corrected chi connectivity index (χ1v) is 12.3. The minimum atomic E-state index is -0.172. The van der Waals surface area contributed by atoms with Crippen LogP contribution in [0.4, 0.5) is 0 Å². The summed E-state index contributed by atoms with van der Waals surface area (Å²) in [5.74, 6) is 3.98. The normalized spacial score (nSPS) is 47.1. The average molecular weight is 411 g/mol. The predicted octanol–water partition coefficient (Wildman–Crippen LogP) is 5.54. The molecule has 0 amide bonds. The van der Waals surface area contributed by atoms with E-state index in [0.29, 0.717) is 34.9 Å². The first-order chi connectivity index (χ1) is 14.2. The number of fused-ring (bicyclic) bond motifs is 7. The monoisotopic (exact) mass is 410 g/mol. The summed E-state index contributed by atoms with van der Waals surface area (Å²) in [5.41, 5.74) is 1.59. The van der Waals surface area contributed by atoms with Gasteiger partial charge < -0.3 is 4.74 Å². The fourth-order valence-corrected chi connectivity index (χ4v) is 8.21. The molecule has 0 aromatic rings. The zero-order valence-corrected chi connectivity index (χ0v) is 19.3. The van der Waals surface area contributed by atoms with E-state index in [4.69, 9.17) is 4.74 Å². The van der Waals surface area contributed by atoms with Gasteiger partial charge in [0.1, 0.15) is 18.0 Å². The second-order valence-electron chi connectivity index (χ2n) is 11.8. The summed E-state index contributed by atoms with van der Waals surface area (Å²) in [6, 6.07) is 0. The zero-order chi connectivity index (χ0) is 21.4. The van der Waals surface area contributed by atoms with Crippen molar-refractivity contribution in [1.82, 2.24) is 0 Å². The van der Waals surface area contributed by atoms with E-state index < -0.39 is 0 Å². The van der Waals surface area contributed by atoms with Gasteiger partial charge in [-0.3, -0.25) is 9.59 Å². The van der Waals surface area contributed by atoms with Gasteiger partial charge in [0.25, 0.3) is 0 Å². The van der Waals surface area contributed by atoms with Gasteiger partial charge in [-0.1, -0.05) is 46.8 Å². The lowest BCUT2D eigenvalue weighted by Crippen LogP contribution is -2.51. The number of Topliss-reactive ketones (excluding diaryl/α,β-unsaturated/α-hetero) is 1. The lowest BCUT2D eigenvalue weighted by atomic mass is 9.48. The molecule has 5 rings (SSSR count). The van der Waals surface area contributed by atoms with Crippen LogP contribution in [0.3, 0.4) is 0 Å². The Morgan fingerprint density at radius 2 is 1.93 bits per heavy atom. The largest absolute Gasteiger partial charge is 0.360 e. The molecule has 1 aliphatic heterocycles. The molecule has 0 radical (unpaired) electrons. The fourth-order valence-electron chi connectivity index (χ4n) is 8.21. The number of ketones is 2. The van der Waals surface area contributed by atoms with Crippen LogP contribution in [-0.2, 0) is 14.3 Å². The van der Waals surface area contributed by atoms with Crippen molar-refractivity contribution in [1.29, 1.82) is 0 Å². The number of ether oxygens (including phenoxy) is 1. The molecule has 0 aromatic carbocycles. The molecule has 4 aliphatic carbocycles. The summed E-state index contributed by atoms with van der Waals surface area (Å²) in [6.45, 7) is 11.4. The van der Waals surface area contributed by atoms with Crippen molar-refractivity contribution in [3.8, 4) is 0 Å². The molecule has 164 valence electrons. The van der Waals surface area contributed by atoms with Crippen molar-refractivity contribution >= 4 is 11.6 Å². The van der Waals surface area contributed by atoms with Crippen molar-refractivity contribution in [2.24, 2.45) is 46.3 Å². The van der Waals surface area contributed by atoms with E-state index in [9.17, 15) is 9.59 Å². The Hall–Kier alpha value is -1.22. The van der Waals surface area contributed by atoms with E-state index in [1.807, 2.05) is 19.9 Å². The molecule has 2 unspecified atom stereocenters. The molecule has 5 aliphatic rings. The van der Waals surface area contributed by atoms with Gasteiger partial charge in [-0.05, 0) is 78.8 Å². The fraction of sp³-hybridized carbons (Fsp3) is 0.778. The van der Waals surface area contributed by atoms with Crippen LogP contribution in [0.25, 0.3) is 0 Å². The third-order valence-electron chi connectivity index (χ3n) is 10.1. The SMILES string of the molecule is CC(C)C(=O)CC[C@@H](C)[C@H]1CC[C@H]2[C@@H]3C=CC4=CC(=O)C5OC5[C@]4(C)[C@H]3CC[C@]12C. The minimum absolute atomic E-state index is 0.00666. The van der Waals surface area contributed by atoms with Crippen molar-refractivity contribution in [3.05, 3.63) is 23.8 Å². The number of hydrogen-bond acceptors (Lipinski definition) is 3. The average Bonchev–Trinajstić information content (AvgIpc) is 3.44. The highest BCUT2D eigenvalue weighted by molar-refractivity contribution is 5.98. The van der Waals surface area contributed by atoms with Crippen molar-refractivity contribution in [2.45, 2.75) is 85.4 Å². The molecule has 30 heavy (non-hydrogen) atoms. The Bertz CT molecular complexity index is 822. The van der Waals surface area contributed by atoms with E-state index >= 15 is 0 Å². The summed E-state index contributed by atoms with van der Waals surface area (Å²) in [5, 5.41) is 0. The van der Waals surface area contributed by atoms with E-state index in [1.165, 1.54) is 31.3 Å². The minimum Gasteiger partial charge on any atom is -0.360 e. The number of epoxide rings is 1. The van der Waals surface area contributed by atoms with E-state index in [1.54, 1.807) is 0 Å². The molecule has 0 bridgehead atoms. The highest BCUT2D eigenvalue weighted by atomic mass is 16.6. The third-order valence-corrected chi connectivity index (χ3v) is 10.1. The van der Waals surface area contributed by atoms with E-state index in [0.717, 1.165) is 18.8 Å². The number of carbonyl (C=O) groups is 2. The Morgan fingerprint density at radius 1 is 1.17 bits per heavy atom. The summed E-state index contributed by atoms with van der Waals surface area (Å²) in [7, 11) is 0. The zero-order valence-electron chi connectivity index (χ0n) is 19.3. The second kappa shape index (κ2) is 6.89. The maximum Gasteiger partial charge on any atom is 0.187 e. The lowest BCUT2D eigenvalue weighted by molar-refractivity contribution is -0.122. The smallest absolute Gasteiger partial charge is 0.187 e. The molecule has 0 aromatic heterocycles. The predicted molar refractivity (Wildman–Crippen MR) is 118 cm³/mol. The van der Waals surface area contributed by atoms with Crippen LogP contribution in [0.1, 0.15) is 73.1 Å². The molecule has 3 fully saturated rings. The van der Waals surface area contributed by atoms with Gasteiger partial charge in [0, 0.05) is 17.8 Å². The Balaban J connectivity index is 1.37. The van der Waals surface area contributed by atoms with Gasteiger partial charge >= 0.3 is 0 Å². The molecular weight excluding hydrogens is 372 g/mol. The lowest BCUT2D eigenvalue weighted by Gasteiger charge is -2.56. The maximum atomic E-state index is 12.2. The highest BCUT2D eigenvalue weighted by Crippen LogP contribution is 2.68. The van der Waals surface area contributed by atoms with Crippen LogP contribution in [0.15, 0.2) is 23.8 Å². The molecule has 9 atom stereocenters. The van der Waals surface area contributed by atoms with E-state index in [-0.39, 0.29) is 29.3 Å². The quantitative estimate of drug-likeness (QED) is 0.559. The third kappa shape index (κ3) is 2.80. The maximum absolute atomic E-state index is 12.2. The van der Waals surface area contributed by atoms with Crippen LogP contribution >= 0.6 is 0 Å². The molecule has 3 heteroatoms. The molecule has 3 nitrogen and oxygen atoms in total. The summed E-state index contributed by atoms with van der Waals surface area (Å²) in [6.07, 6.45) is 13.4. The van der Waals surface area contributed by atoms with Gasteiger partial charge in [-0.25, -0.2) is 0 Å². The van der Waals surface area contributed by atoms with Crippen molar-refractivity contribution in [3.63, 3.8) is 0 Å². The van der Waals surface area contributed by atoms with Gasteiger partial charge in [-0.2, -0.15) is 0 Å². The molecule has 0 spiro atoms. The van der Waals surface area contributed by atoms with Gasteiger partial charge in [-0.15, -0.1) is 0 Å². The molecule has 1 saturated heterocycles. The van der Waals surface area contributed by atoms with Crippen molar-refractivity contribution in [2.75, 3.05) is 0 Å². The van der Waals surface area contributed by atoms with Crippen LogP contribution in [0.2, 0.25) is 0 Å². The highest BCUT2D eigenvalue weighted by Gasteiger charge is 2.66. The molecule has 2 saturated carbocycles. The molecule has 0 N–H and O–H groups in total. The summed E-state index contributed by atoms with van der Waals surface area (Å²) in [4.78, 5) is 24.4. The first-order valence-electron chi connectivity index (χ1n) is 12.3. The number of rotatable bonds is 5. The number of hydrogen-bond donors (Lipinski definition) is 0. The number of allylic oxidation sites excluding steroid dienone is 2. The van der Waals surface area contributed by atoms with Crippen LogP contribution in [0, 0.1) is 46.3 Å². The second-order valence-corrected chi connectivity index (χ2v) is 11.8. The van der Waals surface area contributed by atoms with Gasteiger partial charge in [0.05, 0.1) is 0 Å². The first kappa shape index (κ1) is 20.7. The summed E-state index contributed by atoms with van der Waals surface area (Å²) >= 11 is 0. The van der Waals surface area contributed by atoms with Crippen molar-refractivity contribution < 1.29 is 14.3 Å². The number of carbonyl (C=O) groups excluding carboxylic acids is 2. The Kier molecular flexibility index (Phi) is 4.75. The Labute approximate surface area is 181 Å². The van der Waals surface area contributed by atoms with Gasteiger partial charge in [0.2, 0.25) is 0 Å².